The van der Waals surface area contributed by atoms with Crippen LogP contribution in [0.5, 0.6) is 0 Å². The summed E-state index contributed by atoms with van der Waals surface area (Å²) >= 11 is 0. The quantitative estimate of drug-likeness (QED) is 0.637. The molecule has 0 saturated carbocycles. The van der Waals surface area contributed by atoms with E-state index < -0.39 is 0 Å². The van der Waals surface area contributed by atoms with Crippen molar-refractivity contribution in [1.29, 1.82) is 0 Å². The molecular formula is C10H21NO. The molecule has 1 saturated heterocycles. The fraction of sp³-hybridized carbons (Fsp3) is 1.00. The van der Waals surface area contributed by atoms with Crippen molar-refractivity contribution in [3.8, 4) is 0 Å². The second-order valence-corrected chi connectivity index (χ2v) is 3.67. The Morgan fingerprint density at radius 3 is 2.83 bits per heavy atom. The minimum absolute atomic E-state index is 0.540. The van der Waals surface area contributed by atoms with Crippen LogP contribution in [-0.2, 0) is 4.74 Å². The Hall–Kier alpha value is -0.0800. The van der Waals surface area contributed by atoms with Crippen molar-refractivity contribution < 1.29 is 4.74 Å². The first-order valence-corrected chi connectivity index (χ1v) is 5.19. The molecule has 1 rings (SSSR count). The van der Waals surface area contributed by atoms with Gasteiger partial charge in [-0.2, -0.15) is 0 Å². The first-order valence-electron chi connectivity index (χ1n) is 5.19. The second-order valence-electron chi connectivity index (χ2n) is 3.67. The van der Waals surface area contributed by atoms with Crippen molar-refractivity contribution in [2.45, 2.75) is 39.2 Å². The van der Waals surface area contributed by atoms with Crippen LogP contribution in [0.15, 0.2) is 0 Å². The Bertz CT molecular complexity index is 116. The maximum absolute atomic E-state index is 5.61. The molecule has 12 heavy (non-hydrogen) atoms. The third kappa shape index (κ3) is 3.11. The smallest absolute Gasteiger partial charge is 0.0576 e. The standard InChI is InChI=1S/C10H21NO/c1-3-5-11-7-9-6-10(4-2)12-8-9/h9-11H,3-8H2,1-2H3. The number of hydrogen-bond acceptors (Lipinski definition) is 2. The molecule has 0 spiro atoms. The number of rotatable bonds is 5. The van der Waals surface area contributed by atoms with E-state index in [0.29, 0.717) is 6.10 Å². The van der Waals surface area contributed by atoms with Gasteiger partial charge in [0.2, 0.25) is 0 Å². The van der Waals surface area contributed by atoms with Gasteiger partial charge in [-0.3, -0.25) is 0 Å². The average molecular weight is 171 g/mol. The normalized spacial score (nSPS) is 29.5. The van der Waals surface area contributed by atoms with Crippen LogP contribution < -0.4 is 5.32 Å². The van der Waals surface area contributed by atoms with E-state index >= 15 is 0 Å². The second kappa shape index (κ2) is 5.55. The zero-order valence-electron chi connectivity index (χ0n) is 8.31. The third-order valence-electron chi connectivity index (χ3n) is 2.48. The van der Waals surface area contributed by atoms with Gasteiger partial charge in [-0.15, -0.1) is 0 Å². The van der Waals surface area contributed by atoms with Gasteiger partial charge < -0.3 is 10.1 Å². The van der Waals surface area contributed by atoms with E-state index in [1.165, 1.54) is 19.3 Å². The van der Waals surface area contributed by atoms with Gasteiger partial charge in [-0.1, -0.05) is 13.8 Å². The van der Waals surface area contributed by atoms with Crippen molar-refractivity contribution >= 4 is 0 Å². The van der Waals surface area contributed by atoms with Crippen LogP contribution in [0.3, 0.4) is 0 Å². The SMILES string of the molecule is CCCNCC1COC(CC)C1. The molecule has 0 aromatic carbocycles. The molecule has 1 N–H and O–H groups in total. The van der Waals surface area contributed by atoms with Crippen LogP contribution in [0.2, 0.25) is 0 Å². The molecule has 0 radical (unpaired) electrons. The summed E-state index contributed by atoms with van der Waals surface area (Å²) < 4.78 is 5.61. The molecule has 0 bridgehead atoms. The van der Waals surface area contributed by atoms with Crippen LogP contribution in [0.1, 0.15) is 33.1 Å². The maximum Gasteiger partial charge on any atom is 0.0576 e. The van der Waals surface area contributed by atoms with Gasteiger partial charge in [0, 0.05) is 6.54 Å². The molecular weight excluding hydrogens is 150 g/mol. The van der Waals surface area contributed by atoms with E-state index in [2.05, 4.69) is 19.2 Å². The van der Waals surface area contributed by atoms with Gasteiger partial charge in [0.25, 0.3) is 0 Å². The molecule has 0 aromatic heterocycles. The van der Waals surface area contributed by atoms with Crippen molar-refractivity contribution in [1.82, 2.24) is 5.32 Å². The first-order chi connectivity index (χ1) is 5.86. The van der Waals surface area contributed by atoms with Crippen LogP contribution in [0.25, 0.3) is 0 Å². The molecule has 72 valence electrons. The molecule has 2 unspecified atom stereocenters. The molecule has 0 aliphatic carbocycles. The summed E-state index contributed by atoms with van der Waals surface area (Å²) in [6, 6.07) is 0. The van der Waals surface area contributed by atoms with E-state index in [4.69, 9.17) is 4.74 Å². The van der Waals surface area contributed by atoms with Crippen LogP contribution in [0, 0.1) is 5.92 Å². The Kier molecular flexibility index (Phi) is 4.62. The first kappa shape index (κ1) is 10.0. The molecule has 1 aliphatic rings. The lowest BCUT2D eigenvalue weighted by atomic mass is 10.0. The highest BCUT2D eigenvalue weighted by Crippen LogP contribution is 2.20. The summed E-state index contributed by atoms with van der Waals surface area (Å²) in [5.41, 5.74) is 0. The molecule has 1 aliphatic heterocycles. The lowest BCUT2D eigenvalue weighted by Crippen LogP contribution is -2.23. The Morgan fingerprint density at radius 2 is 2.25 bits per heavy atom. The van der Waals surface area contributed by atoms with Crippen LogP contribution >= 0.6 is 0 Å². The van der Waals surface area contributed by atoms with E-state index in [1.807, 2.05) is 0 Å². The number of ether oxygens (including phenoxy) is 1. The highest BCUT2D eigenvalue weighted by Gasteiger charge is 2.23. The summed E-state index contributed by atoms with van der Waals surface area (Å²) in [5, 5.41) is 3.44. The Morgan fingerprint density at radius 1 is 1.42 bits per heavy atom. The van der Waals surface area contributed by atoms with Crippen LogP contribution in [-0.4, -0.2) is 25.8 Å². The minimum Gasteiger partial charge on any atom is -0.378 e. The lowest BCUT2D eigenvalue weighted by Gasteiger charge is -2.08. The van der Waals surface area contributed by atoms with Crippen molar-refractivity contribution in [2.75, 3.05) is 19.7 Å². The molecule has 0 aromatic rings. The molecule has 1 fully saturated rings. The van der Waals surface area contributed by atoms with Crippen LogP contribution in [0.4, 0.5) is 0 Å². The predicted octanol–water partition coefficient (Wildman–Crippen LogP) is 1.80. The molecule has 1 heterocycles. The number of hydrogen-bond donors (Lipinski definition) is 1. The maximum atomic E-state index is 5.61. The monoisotopic (exact) mass is 171 g/mol. The highest BCUT2D eigenvalue weighted by atomic mass is 16.5. The summed E-state index contributed by atoms with van der Waals surface area (Å²) in [4.78, 5) is 0. The minimum atomic E-state index is 0.540. The lowest BCUT2D eigenvalue weighted by molar-refractivity contribution is 0.104. The fourth-order valence-corrected chi connectivity index (χ4v) is 1.69. The van der Waals surface area contributed by atoms with Crippen molar-refractivity contribution in [3.05, 3.63) is 0 Å². The molecule has 0 amide bonds. The van der Waals surface area contributed by atoms with Gasteiger partial charge in [0.05, 0.1) is 12.7 Å². The Labute approximate surface area is 75.7 Å². The van der Waals surface area contributed by atoms with Gasteiger partial charge in [-0.25, -0.2) is 0 Å². The van der Waals surface area contributed by atoms with Gasteiger partial charge in [-0.05, 0) is 31.7 Å². The molecule has 2 nitrogen and oxygen atoms in total. The number of nitrogens with one attached hydrogen (secondary N) is 1. The van der Waals surface area contributed by atoms with E-state index in [9.17, 15) is 0 Å². The molecule has 2 heteroatoms. The summed E-state index contributed by atoms with van der Waals surface area (Å²) in [6.45, 7) is 7.66. The predicted molar refractivity (Wildman–Crippen MR) is 51.3 cm³/mol. The van der Waals surface area contributed by atoms with Gasteiger partial charge in [0.15, 0.2) is 0 Å². The third-order valence-corrected chi connectivity index (χ3v) is 2.48. The van der Waals surface area contributed by atoms with E-state index in [1.54, 1.807) is 0 Å². The molecule has 2 atom stereocenters. The van der Waals surface area contributed by atoms with Gasteiger partial charge >= 0.3 is 0 Å². The Balaban J connectivity index is 2.03. The van der Waals surface area contributed by atoms with E-state index in [-0.39, 0.29) is 0 Å². The highest BCUT2D eigenvalue weighted by molar-refractivity contribution is 4.73. The van der Waals surface area contributed by atoms with Gasteiger partial charge in [0.1, 0.15) is 0 Å². The zero-order valence-corrected chi connectivity index (χ0v) is 8.31. The zero-order chi connectivity index (χ0) is 8.81. The largest absolute Gasteiger partial charge is 0.378 e. The summed E-state index contributed by atoms with van der Waals surface area (Å²) in [5.74, 6) is 0.765. The van der Waals surface area contributed by atoms with E-state index in [0.717, 1.165) is 25.6 Å². The van der Waals surface area contributed by atoms with Crippen molar-refractivity contribution in [3.63, 3.8) is 0 Å². The topological polar surface area (TPSA) is 21.3 Å². The summed E-state index contributed by atoms with van der Waals surface area (Å²) in [7, 11) is 0. The van der Waals surface area contributed by atoms with Crippen molar-refractivity contribution in [2.24, 2.45) is 5.92 Å². The average Bonchev–Trinajstić information content (AvgIpc) is 2.53. The fourth-order valence-electron chi connectivity index (χ4n) is 1.69. The summed E-state index contributed by atoms with van der Waals surface area (Å²) in [6.07, 6.45) is 4.20.